The Hall–Kier alpha value is -1.10. The first-order chi connectivity index (χ1) is 8.46. The van der Waals surface area contributed by atoms with Crippen LogP contribution in [0.5, 0.6) is 0 Å². The first-order valence-electron chi connectivity index (χ1n) is 6.71. The second-order valence-electron chi connectivity index (χ2n) is 6.00. The molecule has 0 aromatic heterocycles. The summed E-state index contributed by atoms with van der Waals surface area (Å²) in [5, 5.41) is 15.3. The van der Waals surface area contributed by atoms with Gasteiger partial charge in [0.25, 0.3) is 0 Å². The van der Waals surface area contributed by atoms with Gasteiger partial charge in [-0.2, -0.15) is 0 Å². The van der Waals surface area contributed by atoms with Gasteiger partial charge in [-0.1, -0.05) is 12.8 Å². The van der Waals surface area contributed by atoms with Crippen LogP contribution in [-0.2, 0) is 9.59 Å². The third-order valence-corrected chi connectivity index (χ3v) is 4.35. The van der Waals surface area contributed by atoms with Gasteiger partial charge < -0.3 is 15.7 Å². The summed E-state index contributed by atoms with van der Waals surface area (Å²) in [6.07, 6.45) is 4.44. The van der Waals surface area contributed by atoms with Gasteiger partial charge in [0, 0.05) is 6.54 Å². The van der Waals surface area contributed by atoms with Crippen molar-refractivity contribution >= 4 is 11.9 Å². The predicted octanol–water partition coefficient (Wildman–Crippen LogP) is 0.890. The molecule has 5 nitrogen and oxygen atoms in total. The van der Waals surface area contributed by atoms with E-state index in [1.807, 2.05) is 6.92 Å². The van der Waals surface area contributed by atoms with Gasteiger partial charge in [-0.3, -0.25) is 9.59 Å². The zero-order valence-electron chi connectivity index (χ0n) is 10.9. The maximum Gasteiger partial charge on any atom is 0.305 e. The van der Waals surface area contributed by atoms with Crippen LogP contribution in [0.15, 0.2) is 0 Å². The van der Waals surface area contributed by atoms with Crippen molar-refractivity contribution < 1.29 is 14.7 Å². The molecule has 1 saturated carbocycles. The zero-order valence-corrected chi connectivity index (χ0v) is 10.9. The molecule has 1 atom stereocenters. The van der Waals surface area contributed by atoms with Crippen LogP contribution in [0.4, 0.5) is 0 Å². The molecule has 5 heteroatoms. The molecule has 2 fully saturated rings. The molecule has 1 aliphatic heterocycles. The predicted molar refractivity (Wildman–Crippen MR) is 67.2 cm³/mol. The molecule has 1 unspecified atom stereocenters. The fourth-order valence-corrected chi connectivity index (χ4v) is 3.09. The summed E-state index contributed by atoms with van der Waals surface area (Å²) in [6, 6.07) is 0. The summed E-state index contributed by atoms with van der Waals surface area (Å²) >= 11 is 0. The van der Waals surface area contributed by atoms with Gasteiger partial charge in [0.2, 0.25) is 5.91 Å². The fraction of sp³-hybridized carbons (Fsp3) is 0.846. The third-order valence-electron chi connectivity index (χ3n) is 4.35. The van der Waals surface area contributed by atoms with E-state index in [4.69, 9.17) is 5.11 Å². The van der Waals surface area contributed by atoms with Crippen LogP contribution in [0.1, 0.15) is 45.4 Å². The lowest BCUT2D eigenvalue weighted by Crippen LogP contribution is -2.53. The van der Waals surface area contributed by atoms with Crippen molar-refractivity contribution in [3.63, 3.8) is 0 Å². The Labute approximate surface area is 107 Å². The third kappa shape index (κ3) is 2.66. The van der Waals surface area contributed by atoms with Crippen molar-refractivity contribution in [3.05, 3.63) is 0 Å². The van der Waals surface area contributed by atoms with E-state index in [0.717, 1.165) is 38.6 Å². The smallest absolute Gasteiger partial charge is 0.305 e. The number of rotatable bonds is 4. The molecular formula is C13H22N2O3. The summed E-state index contributed by atoms with van der Waals surface area (Å²) in [5.74, 6) is -0.817. The average Bonchev–Trinajstić information content (AvgIpc) is 2.88. The molecule has 3 N–H and O–H groups in total. The van der Waals surface area contributed by atoms with E-state index in [2.05, 4.69) is 10.6 Å². The molecule has 1 heterocycles. The first-order valence-corrected chi connectivity index (χ1v) is 6.71. The first kappa shape index (κ1) is 13.3. The SMILES string of the molecule is CC1(C(=O)NC2(CC(=O)O)CCCC2)CCNC1. The lowest BCUT2D eigenvalue weighted by Gasteiger charge is -2.33. The normalized spacial score (nSPS) is 30.3. The molecule has 0 bridgehead atoms. The highest BCUT2D eigenvalue weighted by atomic mass is 16.4. The van der Waals surface area contributed by atoms with Gasteiger partial charge in [-0.05, 0) is 32.7 Å². The number of hydrogen-bond acceptors (Lipinski definition) is 3. The molecule has 0 aromatic carbocycles. The van der Waals surface area contributed by atoms with Gasteiger partial charge in [0.15, 0.2) is 0 Å². The Morgan fingerprint density at radius 3 is 2.44 bits per heavy atom. The molecule has 18 heavy (non-hydrogen) atoms. The number of carboxylic acid groups (broad SMARTS) is 1. The van der Waals surface area contributed by atoms with Crippen molar-refractivity contribution in [2.24, 2.45) is 5.41 Å². The van der Waals surface area contributed by atoms with E-state index >= 15 is 0 Å². The molecule has 2 aliphatic rings. The minimum Gasteiger partial charge on any atom is -0.481 e. The van der Waals surface area contributed by atoms with E-state index in [1.54, 1.807) is 0 Å². The van der Waals surface area contributed by atoms with Crippen LogP contribution >= 0.6 is 0 Å². The Balaban J connectivity index is 2.04. The van der Waals surface area contributed by atoms with Crippen molar-refractivity contribution in [3.8, 4) is 0 Å². The minimum atomic E-state index is -0.827. The summed E-state index contributed by atoms with van der Waals surface area (Å²) in [7, 11) is 0. The van der Waals surface area contributed by atoms with Gasteiger partial charge in [-0.25, -0.2) is 0 Å². The standard InChI is InChI=1S/C13H22N2O3/c1-12(6-7-14-9-12)11(18)15-13(8-10(16)17)4-2-3-5-13/h14H,2-9H2,1H3,(H,15,18)(H,16,17). The van der Waals surface area contributed by atoms with Crippen LogP contribution in [0.3, 0.4) is 0 Å². The lowest BCUT2D eigenvalue weighted by atomic mass is 9.85. The molecule has 1 aliphatic carbocycles. The Kier molecular flexibility index (Phi) is 3.61. The lowest BCUT2D eigenvalue weighted by molar-refractivity contribution is -0.139. The molecule has 2 rings (SSSR count). The maximum absolute atomic E-state index is 12.4. The van der Waals surface area contributed by atoms with E-state index in [1.165, 1.54) is 0 Å². The quantitative estimate of drug-likeness (QED) is 0.696. The fourth-order valence-electron chi connectivity index (χ4n) is 3.09. The van der Waals surface area contributed by atoms with Gasteiger partial charge in [-0.15, -0.1) is 0 Å². The van der Waals surface area contributed by atoms with E-state index in [0.29, 0.717) is 6.54 Å². The number of aliphatic carboxylic acids is 1. The molecule has 0 spiro atoms. The van der Waals surface area contributed by atoms with Crippen molar-refractivity contribution in [1.29, 1.82) is 0 Å². The highest BCUT2D eigenvalue weighted by molar-refractivity contribution is 5.84. The van der Waals surface area contributed by atoms with Crippen molar-refractivity contribution in [1.82, 2.24) is 10.6 Å². The number of amides is 1. The van der Waals surface area contributed by atoms with Crippen LogP contribution in [0, 0.1) is 5.41 Å². The second kappa shape index (κ2) is 4.88. The minimum absolute atomic E-state index is 0.00986. The van der Waals surface area contributed by atoms with E-state index in [9.17, 15) is 9.59 Å². The number of nitrogens with one attached hydrogen (secondary N) is 2. The summed E-state index contributed by atoms with van der Waals surface area (Å²) in [6.45, 7) is 3.49. The van der Waals surface area contributed by atoms with Gasteiger partial charge >= 0.3 is 5.97 Å². The number of carbonyl (C=O) groups excluding carboxylic acids is 1. The number of carboxylic acids is 1. The van der Waals surface area contributed by atoms with Crippen molar-refractivity contribution in [2.45, 2.75) is 51.0 Å². The van der Waals surface area contributed by atoms with Gasteiger partial charge in [0.1, 0.15) is 0 Å². The molecule has 0 radical (unpaired) electrons. The molecular weight excluding hydrogens is 232 g/mol. The largest absolute Gasteiger partial charge is 0.481 e. The molecule has 0 aromatic rings. The Morgan fingerprint density at radius 1 is 1.28 bits per heavy atom. The van der Waals surface area contributed by atoms with Crippen molar-refractivity contribution in [2.75, 3.05) is 13.1 Å². The highest BCUT2D eigenvalue weighted by Gasteiger charge is 2.43. The average molecular weight is 254 g/mol. The molecule has 102 valence electrons. The van der Waals surface area contributed by atoms with Crippen LogP contribution in [-0.4, -0.2) is 35.6 Å². The maximum atomic E-state index is 12.4. The summed E-state index contributed by atoms with van der Waals surface area (Å²) in [5.41, 5.74) is -0.886. The van der Waals surface area contributed by atoms with Gasteiger partial charge in [0.05, 0.1) is 17.4 Å². The topological polar surface area (TPSA) is 78.4 Å². The second-order valence-corrected chi connectivity index (χ2v) is 6.00. The zero-order chi connectivity index (χ0) is 13.2. The van der Waals surface area contributed by atoms with E-state index in [-0.39, 0.29) is 17.7 Å². The number of carbonyl (C=O) groups is 2. The summed E-state index contributed by atoms with van der Waals surface area (Å²) < 4.78 is 0. The van der Waals surface area contributed by atoms with Crippen LogP contribution in [0.25, 0.3) is 0 Å². The summed E-state index contributed by atoms with van der Waals surface area (Å²) in [4.78, 5) is 23.3. The van der Waals surface area contributed by atoms with Crippen LogP contribution in [0.2, 0.25) is 0 Å². The van der Waals surface area contributed by atoms with Crippen LogP contribution < -0.4 is 10.6 Å². The highest BCUT2D eigenvalue weighted by Crippen LogP contribution is 2.34. The molecule has 1 amide bonds. The number of hydrogen-bond donors (Lipinski definition) is 3. The Bertz CT molecular complexity index is 342. The Morgan fingerprint density at radius 2 is 1.94 bits per heavy atom. The monoisotopic (exact) mass is 254 g/mol. The van der Waals surface area contributed by atoms with E-state index < -0.39 is 11.5 Å². The molecule has 1 saturated heterocycles.